The molecule has 1 rings (SSSR count). The van der Waals surface area contributed by atoms with Crippen LogP contribution in [0, 0.1) is 5.41 Å². The zero-order valence-electron chi connectivity index (χ0n) is 11.5. The van der Waals surface area contributed by atoms with Gasteiger partial charge in [0.05, 0.1) is 5.41 Å². The average Bonchev–Trinajstić information content (AvgIpc) is 2.38. The smallest absolute Gasteiger partial charge is 0.228 e. The maximum Gasteiger partial charge on any atom is 0.228 e. The summed E-state index contributed by atoms with van der Waals surface area (Å²) in [7, 11) is 3.89. The van der Waals surface area contributed by atoms with Crippen molar-refractivity contribution in [1.82, 2.24) is 15.5 Å². The molecule has 2 N–H and O–H groups in total. The third kappa shape index (κ3) is 3.68. The Morgan fingerprint density at radius 1 is 1.41 bits per heavy atom. The lowest BCUT2D eigenvalue weighted by Gasteiger charge is -2.38. The van der Waals surface area contributed by atoms with Crippen LogP contribution >= 0.6 is 0 Å². The third-order valence-corrected chi connectivity index (χ3v) is 3.96. The lowest BCUT2D eigenvalue weighted by molar-refractivity contribution is -0.142. The van der Waals surface area contributed by atoms with E-state index in [0.717, 1.165) is 51.9 Å². The second-order valence-corrected chi connectivity index (χ2v) is 5.07. The van der Waals surface area contributed by atoms with Crippen LogP contribution in [-0.4, -0.2) is 51.1 Å². The molecular formula is C13H27N3O. The molecule has 1 heterocycles. The van der Waals surface area contributed by atoms with Crippen molar-refractivity contribution >= 4 is 5.91 Å². The number of carbonyl (C=O) groups is 1. The number of rotatable bonds is 6. The fourth-order valence-corrected chi connectivity index (χ4v) is 2.62. The van der Waals surface area contributed by atoms with Crippen molar-refractivity contribution in [3.05, 3.63) is 0 Å². The largest absolute Gasteiger partial charge is 0.345 e. The number of amides is 1. The summed E-state index contributed by atoms with van der Waals surface area (Å²) < 4.78 is 0. The molecule has 0 saturated carbocycles. The van der Waals surface area contributed by atoms with Crippen LogP contribution in [0.4, 0.5) is 0 Å². The average molecular weight is 241 g/mol. The van der Waals surface area contributed by atoms with Crippen LogP contribution in [-0.2, 0) is 4.79 Å². The van der Waals surface area contributed by atoms with Gasteiger partial charge >= 0.3 is 0 Å². The van der Waals surface area contributed by atoms with Gasteiger partial charge in [0.1, 0.15) is 0 Å². The van der Waals surface area contributed by atoms with Crippen molar-refractivity contribution in [3.8, 4) is 0 Å². The molecule has 0 radical (unpaired) electrons. The van der Waals surface area contributed by atoms with Gasteiger partial charge in [-0.15, -0.1) is 0 Å². The van der Waals surface area contributed by atoms with E-state index in [-0.39, 0.29) is 5.41 Å². The van der Waals surface area contributed by atoms with Crippen molar-refractivity contribution in [1.29, 1.82) is 0 Å². The Morgan fingerprint density at radius 3 is 2.59 bits per heavy atom. The SMILES string of the molecule is CCC1(C(=O)N(C)CCCNC)CCNCC1. The van der Waals surface area contributed by atoms with Crippen LogP contribution in [0.3, 0.4) is 0 Å². The van der Waals surface area contributed by atoms with Gasteiger partial charge in [0, 0.05) is 13.6 Å². The highest BCUT2D eigenvalue weighted by Gasteiger charge is 2.39. The first-order chi connectivity index (χ1) is 8.16. The summed E-state index contributed by atoms with van der Waals surface area (Å²) in [6.07, 6.45) is 3.96. The van der Waals surface area contributed by atoms with E-state index in [0.29, 0.717) is 5.91 Å². The van der Waals surface area contributed by atoms with E-state index in [1.165, 1.54) is 0 Å². The van der Waals surface area contributed by atoms with Gasteiger partial charge in [0.15, 0.2) is 0 Å². The van der Waals surface area contributed by atoms with Gasteiger partial charge in [-0.3, -0.25) is 4.79 Å². The second kappa shape index (κ2) is 6.97. The van der Waals surface area contributed by atoms with Crippen molar-refractivity contribution < 1.29 is 4.79 Å². The van der Waals surface area contributed by atoms with Gasteiger partial charge in [-0.25, -0.2) is 0 Å². The standard InChI is InChI=1S/C13H27N3O/c1-4-13(6-9-15-10-7-13)12(17)16(3)11-5-8-14-2/h14-15H,4-11H2,1-3H3. The molecule has 17 heavy (non-hydrogen) atoms. The summed E-state index contributed by atoms with van der Waals surface area (Å²) >= 11 is 0. The molecule has 0 unspecified atom stereocenters. The highest BCUT2D eigenvalue weighted by Crippen LogP contribution is 2.34. The van der Waals surface area contributed by atoms with E-state index in [1.807, 2.05) is 19.0 Å². The molecule has 4 heteroatoms. The molecule has 0 bridgehead atoms. The first-order valence-electron chi connectivity index (χ1n) is 6.77. The van der Waals surface area contributed by atoms with Crippen molar-refractivity contribution in [2.75, 3.05) is 40.3 Å². The highest BCUT2D eigenvalue weighted by atomic mass is 16.2. The van der Waals surface area contributed by atoms with E-state index >= 15 is 0 Å². The number of hydrogen-bond donors (Lipinski definition) is 2. The van der Waals surface area contributed by atoms with Crippen molar-refractivity contribution in [3.63, 3.8) is 0 Å². The Morgan fingerprint density at radius 2 is 2.06 bits per heavy atom. The van der Waals surface area contributed by atoms with E-state index in [9.17, 15) is 4.79 Å². The Bertz CT molecular complexity index is 237. The summed E-state index contributed by atoms with van der Waals surface area (Å²) in [5, 5.41) is 6.46. The quantitative estimate of drug-likeness (QED) is 0.677. The minimum Gasteiger partial charge on any atom is -0.345 e. The maximum atomic E-state index is 12.5. The zero-order chi connectivity index (χ0) is 12.7. The van der Waals surface area contributed by atoms with Gasteiger partial charge in [0.25, 0.3) is 0 Å². The van der Waals surface area contributed by atoms with Crippen LogP contribution in [0.1, 0.15) is 32.6 Å². The Hall–Kier alpha value is -0.610. The fraction of sp³-hybridized carbons (Fsp3) is 0.923. The number of piperidine rings is 1. The molecule has 0 aromatic carbocycles. The number of carbonyl (C=O) groups excluding carboxylic acids is 1. The molecule has 1 aliphatic rings. The summed E-state index contributed by atoms with van der Waals surface area (Å²) in [5.41, 5.74) is -0.0976. The Balaban J connectivity index is 2.52. The summed E-state index contributed by atoms with van der Waals surface area (Å²) in [6, 6.07) is 0. The first kappa shape index (κ1) is 14.5. The normalized spacial score (nSPS) is 19.0. The zero-order valence-corrected chi connectivity index (χ0v) is 11.5. The summed E-state index contributed by atoms with van der Waals surface area (Å²) in [6.45, 7) is 5.92. The third-order valence-electron chi connectivity index (χ3n) is 3.96. The number of hydrogen-bond acceptors (Lipinski definition) is 3. The van der Waals surface area contributed by atoms with Gasteiger partial charge in [-0.05, 0) is 52.4 Å². The maximum absolute atomic E-state index is 12.5. The van der Waals surface area contributed by atoms with Gasteiger partial charge in [-0.2, -0.15) is 0 Å². The lowest BCUT2D eigenvalue weighted by atomic mass is 9.75. The molecule has 4 nitrogen and oxygen atoms in total. The van der Waals surface area contributed by atoms with Crippen LogP contribution in [0.25, 0.3) is 0 Å². The van der Waals surface area contributed by atoms with Crippen LogP contribution in [0.15, 0.2) is 0 Å². The van der Waals surface area contributed by atoms with E-state index in [4.69, 9.17) is 0 Å². The molecule has 1 fully saturated rings. The molecule has 0 aromatic rings. The van der Waals surface area contributed by atoms with Gasteiger partial charge in [-0.1, -0.05) is 6.92 Å². The molecule has 1 amide bonds. The summed E-state index contributed by atoms with van der Waals surface area (Å²) in [5.74, 6) is 0.345. The first-order valence-corrected chi connectivity index (χ1v) is 6.77. The molecule has 0 aromatic heterocycles. The molecule has 100 valence electrons. The molecular weight excluding hydrogens is 214 g/mol. The fourth-order valence-electron chi connectivity index (χ4n) is 2.62. The minimum atomic E-state index is -0.0976. The molecule has 0 atom stereocenters. The van der Waals surface area contributed by atoms with Crippen molar-refractivity contribution in [2.24, 2.45) is 5.41 Å². The van der Waals surface area contributed by atoms with E-state index in [2.05, 4.69) is 17.6 Å². The number of nitrogens with zero attached hydrogens (tertiary/aromatic N) is 1. The predicted molar refractivity (Wildman–Crippen MR) is 71.0 cm³/mol. The van der Waals surface area contributed by atoms with Crippen LogP contribution in [0.5, 0.6) is 0 Å². The molecule has 1 saturated heterocycles. The van der Waals surface area contributed by atoms with Gasteiger partial charge < -0.3 is 15.5 Å². The lowest BCUT2D eigenvalue weighted by Crippen LogP contribution is -2.48. The predicted octanol–water partition coefficient (Wildman–Crippen LogP) is 0.834. The summed E-state index contributed by atoms with van der Waals surface area (Å²) in [4.78, 5) is 14.4. The monoisotopic (exact) mass is 241 g/mol. The highest BCUT2D eigenvalue weighted by molar-refractivity contribution is 5.82. The molecule has 0 aliphatic carbocycles. The molecule has 0 spiro atoms. The second-order valence-electron chi connectivity index (χ2n) is 5.07. The topological polar surface area (TPSA) is 44.4 Å². The number of nitrogens with one attached hydrogen (secondary N) is 2. The van der Waals surface area contributed by atoms with Crippen LogP contribution in [0.2, 0.25) is 0 Å². The Kier molecular flexibility index (Phi) is 5.92. The van der Waals surface area contributed by atoms with E-state index < -0.39 is 0 Å². The van der Waals surface area contributed by atoms with E-state index in [1.54, 1.807) is 0 Å². The van der Waals surface area contributed by atoms with Crippen LogP contribution < -0.4 is 10.6 Å². The van der Waals surface area contributed by atoms with Gasteiger partial charge in [0.2, 0.25) is 5.91 Å². The minimum absolute atomic E-state index is 0.0976. The molecule has 1 aliphatic heterocycles. The Labute approximate surface area is 105 Å². The van der Waals surface area contributed by atoms with Crippen molar-refractivity contribution in [2.45, 2.75) is 32.6 Å².